The molecule has 1 atom stereocenters. The van der Waals surface area contributed by atoms with Crippen LogP contribution in [0.15, 0.2) is 85.1 Å². The summed E-state index contributed by atoms with van der Waals surface area (Å²) in [5.74, 6) is 0.168. The summed E-state index contributed by atoms with van der Waals surface area (Å²) in [6.07, 6.45) is 4.28. The van der Waals surface area contributed by atoms with Gasteiger partial charge < -0.3 is 10.3 Å². The van der Waals surface area contributed by atoms with Crippen LogP contribution in [0.2, 0.25) is 5.02 Å². The van der Waals surface area contributed by atoms with Crippen molar-refractivity contribution in [2.24, 2.45) is 0 Å². The molecule has 0 fully saturated rings. The molecule has 0 aliphatic carbocycles. The molecule has 0 saturated carbocycles. The predicted molar refractivity (Wildman–Crippen MR) is 124 cm³/mol. The second-order valence-electron chi connectivity index (χ2n) is 7.62. The van der Waals surface area contributed by atoms with Crippen molar-refractivity contribution in [1.82, 2.24) is 10.3 Å². The van der Waals surface area contributed by atoms with E-state index in [2.05, 4.69) is 34.6 Å². The third kappa shape index (κ3) is 5.11. The van der Waals surface area contributed by atoms with E-state index in [9.17, 15) is 4.79 Å². The first-order chi connectivity index (χ1) is 14.7. The molecule has 0 aliphatic heterocycles. The summed E-state index contributed by atoms with van der Waals surface area (Å²) in [5, 5.41) is 4.87. The Morgan fingerprint density at radius 3 is 2.37 bits per heavy atom. The molecule has 0 saturated heterocycles. The normalized spacial score (nSPS) is 12.0. The third-order valence-corrected chi connectivity index (χ3v) is 5.74. The lowest BCUT2D eigenvalue weighted by Gasteiger charge is -2.17. The van der Waals surface area contributed by atoms with Crippen LogP contribution in [-0.4, -0.2) is 10.9 Å². The maximum absolute atomic E-state index is 12.8. The first kappa shape index (κ1) is 20.2. The van der Waals surface area contributed by atoms with E-state index in [1.54, 1.807) is 0 Å². The van der Waals surface area contributed by atoms with Gasteiger partial charge in [-0.3, -0.25) is 4.79 Å². The molecule has 4 aromatic rings. The summed E-state index contributed by atoms with van der Waals surface area (Å²) >= 11 is 6.26. The number of carbonyl (C=O) groups is 1. The number of fused-ring (bicyclic) bond motifs is 1. The fourth-order valence-corrected chi connectivity index (χ4v) is 4.07. The number of aromatic nitrogens is 1. The quantitative estimate of drug-likeness (QED) is 0.350. The van der Waals surface area contributed by atoms with Crippen LogP contribution in [0.5, 0.6) is 0 Å². The Morgan fingerprint density at radius 2 is 1.63 bits per heavy atom. The van der Waals surface area contributed by atoms with Crippen molar-refractivity contribution in [1.29, 1.82) is 0 Å². The maximum atomic E-state index is 12.8. The summed E-state index contributed by atoms with van der Waals surface area (Å²) in [7, 11) is 0. The fourth-order valence-electron chi connectivity index (χ4n) is 3.90. The summed E-state index contributed by atoms with van der Waals surface area (Å²) < 4.78 is 0. The zero-order valence-corrected chi connectivity index (χ0v) is 17.5. The lowest BCUT2D eigenvalue weighted by molar-refractivity contribution is -0.121. The Kier molecular flexibility index (Phi) is 6.50. The van der Waals surface area contributed by atoms with E-state index in [1.165, 1.54) is 5.56 Å². The largest absolute Gasteiger partial charge is 0.361 e. The Bertz CT molecular complexity index is 1110. The molecule has 4 heteroatoms. The van der Waals surface area contributed by atoms with Gasteiger partial charge in [-0.2, -0.15) is 0 Å². The van der Waals surface area contributed by atoms with Gasteiger partial charge in [-0.1, -0.05) is 72.3 Å². The molecular formula is C26H25ClN2O. The number of hydrogen-bond donors (Lipinski definition) is 2. The molecule has 0 unspecified atom stereocenters. The molecular weight excluding hydrogens is 392 g/mol. The Balaban J connectivity index is 1.51. The monoisotopic (exact) mass is 416 g/mol. The van der Waals surface area contributed by atoms with E-state index in [4.69, 9.17) is 11.6 Å². The summed E-state index contributed by atoms with van der Waals surface area (Å²) in [5.41, 5.74) is 4.58. The number of rotatable bonds is 8. The van der Waals surface area contributed by atoms with Crippen LogP contribution in [0.25, 0.3) is 10.9 Å². The lowest BCUT2D eigenvalue weighted by atomic mass is 9.89. The van der Waals surface area contributed by atoms with Crippen molar-refractivity contribution >= 4 is 28.4 Å². The number of aromatic amines is 1. The molecule has 2 N–H and O–H groups in total. The Hall–Kier alpha value is -3.04. The van der Waals surface area contributed by atoms with Crippen LogP contribution in [0.3, 0.4) is 0 Å². The second kappa shape index (κ2) is 9.64. The standard InChI is InChI=1S/C26H25ClN2O/c27-22-13-14-25-23(16-22)24(18-28-25)21(12-11-19-7-3-1-4-8-19)15-26(30)29-17-20-9-5-2-6-10-20/h1-10,13-14,16,18,21,28H,11-12,15,17H2,(H,29,30)/t21-/m1/s1. The smallest absolute Gasteiger partial charge is 0.220 e. The SMILES string of the molecule is O=C(C[C@@H](CCc1ccccc1)c1c[nH]c2ccc(Cl)cc12)NCc1ccccc1. The van der Waals surface area contributed by atoms with Crippen molar-refractivity contribution in [3.63, 3.8) is 0 Å². The van der Waals surface area contributed by atoms with Crippen LogP contribution in [0.4, 0.5) is 0 Å². The summed E-state index contributed by atoms with van der Waals surface area (Å²) in [6.45, 7) is 0.546. The van der Waals surface area contributed by atoms with Crippen molar-refractivity contribution in [3.05, 3.63) is 107 Å². The minimum absolute atomic E-state index is 0.0632. The summed E-state index contributed by atoms with van der Waals surface area (Å²) in [4.78, 5) is 16.1. The first-order valence-electron chi connectivity index (χ1n) is 10.3. The minimum Gasteiger partial charge on any atom is -0.361 e. The van der Waals surface area contributed by atoms with E-state index in [-0.39, 0.29) is 11.8 Å². The highest BCUT2D eigenvalue weighted by atomic mass is 35.5. The third-order valence-electron chi connectivity index (χ3n) is 5.50. The van der Waals surface area contributed by atoms with Gasteiger partial charge in [0.05, 0.1) is 0 Å². The highest BCUT2D eigenvalue weighted by molar-refractivity contribution is 6.31. The van der Waals surface area contributed by atoms with Gasteiger partial charge in [0.25, 0.3) is 0 Å². The van der Waals surface area contributed by atoms with Gasteiger partial charge in [0.15, 0.2) is 0 Å². The molecule has 0 spiro atoms. The van der Waals surface area contributed by atoms with E-state index in [0.717, 1.165) is 34.9 Å². The van der Waals surface area contributed by atoms with Crippen LogP contribution in [0.1, 0.15) is 35.4 Å². The molecule has 3 nitrogen and oxygen atoms in total. The number of aryl methyl sites for hydroxylation is 1. The van der Waals surface area contributed by atoms with Gasteiger partial charge in [0.2, 0.25) is 5.91 Å². The zero-order valence-electron chi connectivity index (χ0n) is 16.8. The Morgan fingerprint density at radius 1 is 0.933 bits per heavy atom. The van der Waals surface area contributed by atoms with Gasteiger partial charge in [0, 0.05) is 35.1 Å². The van der Waals surface area contributed by atoms with Gasteiger partial charge in [-0.25, -0.2) is 0 Å². The predicted octanol–water partition coefficient (Wildman–Crippen LogP) is 6.24. The van der Waals surface area contributed by atoms with Crippen LogP contribution in [0, 0.1) is 0 Å². The van der Waals surface area contributed by atoms with Crippen molar-refractivity contribution in [3.8, 4) is 0 Å². The zero-order chi connectivity index (χ0) is 20.8. The molecule has 0 radical (unpaired) electrons. The van der Waals surface area contributed by atoms with Crippen molar-refractivity contribution in [2.75, 3.05) is 0 Å². The average Bonchev–Trinajstić information content (AvgIpc) is 3.19. The lowest BCUT2D eigenvalue weighted by Crippen LogP contribution is -2.24. The molecule has 1 aromatic heterocycles. The van der Waals surface area contributed by atoms with Gasteiger partial charge in [0.1, 0.15) is 0 Å². The topological polar surface area (TPSA) is 44.9 Å². The molecule has 30 heavy (non-hydrogen) atoms. The number of hydrogen-bond acceptors (Lipinski definition) is 1. The molecule has 0 bridgehead atoms. The highest BCUT2D eigenvalue weighted by Crippen LogP contribution is 2.33. The molecule has 1 heterocycles. The van der Waals surface area contributed by atoms with E-state index in [0.29, 0.717) is 18.0 Å². The summed E-state index contributed by atoms with van der Waals surface area (Å²) in [6, 6.07) is 26.3. The number of H-pyrrole nitrogens is 1. The molecule has 3 aromatic carbocycles. The number of amides is 1. The van der Waals surface area contributed by atoms with Gasteiger partial charge in [-0.05, 0) is 53.6 Å². The highest BCUT2D eigenvalue weighted by Gasteiger charge is 2.20. The molecule has 4 rings (SSSR count). The first-order valence-corrected chi connectivity index (χ1v) is 10.7. The van der Waals surface area contributed by atoms with Crippen molar-refractivity contribution < 1.29 is 4.79 Å². The molecule has 1 amide bonds. The molecule has 0 aliphatic rings. The van der Waals surface area contributed by atoms with Crippen molar-refractivity contribution in [2.45, 2.75) is 31.7 Å². The van der Waals surface area contributed by atoms with E-state index < -0.39 is 0 Å². The van der Waals surface area contributed by atoms with E-state index >= 15 is 0 Å². The maximum Gasteiger partial charge on any atom is 0.220 e. The van der Waals surface area contributed by atoms with Crippen LogP contribution in [-0.2, 0) is 17.8 Å². The van der Waals surface area contributed by atoms with Gasteiger partial charge in [-0.15, -0.1) is 0 Å². The van der Waals surface area contributed by atoms with E-state index in [1.807, 2.05) is 60.8 Å². The fraction of sp³-hybridized carbons (Fsp3) is 0.192. The number of benzene rings is 3. The average molecular weight is 417 g/mol. The minimum atomic E-state index is 0.0632. The Labute approximate surface area is 182 Å². The molecule has 152 valence electrons. The number of halogens is 1. The number of nitrogens with one attached hydrogen (secondary N) is 2. The number of carbonyl (C=O) groups excluding carboxylic acids is 1. The van der Waals surface area contributed by atoms with Gasteiger partial charge >= 0.3 is 0 Å². The van der Waals surface area contributed by atoms with Crippen LogP contribution < -0.4 is 5.32 Å². The van der Waals surface area contributed by atoms with Crippen LogP contribution >= 0.6 is 11.6 Å². The second-order valence-corrected chi connectivity index (χ2v) is 8.06.